The van der Waals surface area contributed by atoms with Gasteiger partial charge in [0.25, 0.3) is 0 Å². The summed E-state index contributed by atoms with van der Waals surface area (Å²) in [7, 11) is -3.01. The third kappa shape index (κ3) is 4.24. The number of halogens is 1. The van der Waals surface area contributed by atoms with Crippen LogP contribution in [-0.4, -0.2) is 25.5 Å². The molecule has 0 aliphatic heterocycles. The molecule has 62 valence electrons. The molecule has 3 nitrogen and oxygen atoms in total. The van der Waals surface area contributed by atoms with Crippen LogP contribution in [-0.2, 0) is 10.0 Å². The number of rotatable bonds is 4. The second kappa shape index (κ2) is 4.31. The number of alkyl halides is 1. The van der Waals surface area contributed by atoms with Crippen LogP contribution in [0.25, 0.3) is 0 Å². The number of hydrogen-bond donors (Lipinski definition) is 1. The van der Waals surface area contributed by atoms with Gasteiger partial charge >= 0.3 is 0 Å². The number of nitrogens with one attached hydrogen (secondary N) is 1. The van der Waals surface area contributed by atoms with Gasteiger partial charge in [0.15, 0.2) is 0 Å². The largest absolute Gasteiger partial charge is 0.212 e. The lowest BCUT2D eigenvalue weighted by molar-refractivity contribution is 0.573. The van der Waals surface area contributed by atoms with E-state index < -0.39 is 10.0 Å². The predicted octanol–water partition coefficient (Wildman–Crippen LogP) is 0.709. The molecule has 0 fully saturated rings. The average molecular weight is 230 g/mol. The molecule has 0 aromatic carbocycles. The first kappa shape index (κ1) is 10.4. The van der Waals surface area contributed by atoms with E-state index in [4.69, 9.17) is 0 Å². The van der Waals surface area contributed by atoms with Gasteiger partial charge in [0.05, 0.1) is 5.75 Å². The third-order valence-electron chi connectivity index (χ3n) is 0.992. The fourth-order valence-electron chi connectivity index (χ4n) is 0.421. The van der Waals surface area contributed by atoms with Crippen LogP contribution in [0.5, 0.6) is 0 Å². The van der Waals surface area contributed by atoms with Crippen molar-refractivity contribution in [3.8, 4) is 0 Å². The summed E-state index contributed by atoms with van der Waals surface area (Å²) in [6, 6.07) is -0.0232. The zero-order valence-corrected chi connectivity index (χ0v) is 8.50. The lowest BCUT2D eigenvalue weighted by Crippen LogP contribution is -2.34. The second-order valence-electron chi connectivity index (χ2n) is 2.08. The van der Waals surface area contributed by atoms with E-state index in [1.807, 2.05) is 6.92 Å². The molecule has 0 aliphatic carbocycles. The Bertz CT molecular complexity index is 178. The van der Waals surface area contributed by atoms with Crippen molar-refractivity contribution in [2.24, 2.45) is 0 Å². The smallest absolute Gasteiger partial charge is 0.211 e. The molecule has 0 aliphatic rings. The molecule has 0 radical (unpaired) electrons. The van der Waals surface area contributed by atoms with Crippen molar-refractivity contribution in [1.82, 2.24) is 4.72 Å². The van der Waals surface area contributed by atoms with Gasteiger partial charge in [-0.05, 0) is 13.8 Å². The van der Waals surface area contributed by atoms with Crippen LogP contribution in [0.4, 0.5) is 0 Å². The van der Waals surface area contributed by atoms with Gasteiger partial charge in [-0.25, -0.2) is 13.1 Å². The van der Waals surface area contributed by atoms with Crippen LogP contribution in [0.3, 0.4) is 0 Å². The number of sulfonamides is 1. The summed E-state index contributed by atoms with van der Waals surface area (Å²) >= 11 is 3.17. The van der Waals surface area contributed by atoms with E-state index in [0.29, 0.717) is 5.33 Å². The van der Waals surface area contributed by atoms with Gasteiger partial charge in [0, 0.05) is 11.4 Å². The SMILES string of the molecule is CCS(=O)(=O)NC(C)CBr. The molecule has 1 atom stereocenters. The summed E-state index contributed by atoms with van der Waals surface area (Å²) < 4.78 is 24.2. The zero-order chi connectivity index (χ0) is 8.20. The first-order valence-corrected chi connectivity index (χ1v) is 5.85. The molecule has 0 saturated carbocycles. The summed E-state index contributed by atoms with van der Waals surface area (Å²) in [6.45, 7) is 3.42. The monoisotopic (exact) mass is 229 g/mol. The highest BCUT2D eigenvalue weighted by Gasteiger charge is 2.09. The molecule has 10 heavy (non-hydrogen) atoms. The molecule has 0 saturated heterocycles. The van der Waals surface area contributed by atoms with Crippen molar-refractivity contribution >= 4 is 26.0 Å². The highest BCUT2D eigenvalue weighted by Crippen LogP contribution is 1.92. The lowest BCUT2D eigenvalue weighted by atomic mass is 10.4. The normalized spacial score (nSPS) is 15.1. The van der Waals surface area contributed by atoms with Crippen molar-refractivity contribution in [1.29, 1.82) is 0 Å². The molecule has 1 unspecified atom stereocenters. The Morgan fingerprint density at radius 3 is 2.40 bits per heavy atom. The summed E-state index contributed by atoms with van der Waals surface area (Å²) in [5.74, 6) is 0.143. The standard InChI is InChI=1S/C5H12BrNO2S/c1-3-10(8,9)7-5(2)4-6/h5,7H,3-4H2,1-2H3. The van der Waals surface area contributed by atoms with E-state index in [0.717, 1.165) is 0 Å². The second-order valence-corrected chi connectivity index (χ2v) is 4.77. The van der Waals surface area contributed by atoms with Gasteiger partial charge in [-0.2, -0.15) is 0 Å². The van der Waals surface area contributed by atoms with E-state index >= 15 is 0 Å². The topological polar surface area (TPSA) is 46.2 Å². The maximum absolute atomic E-state index is 10.8. The molecular formula is C5H12BrNO2S. The van der Waals surface area contributed by atoms with E-state index in [9.17, 15) is 8.42 Å². The molecule has 0 aromatic heterocycles. The number of hydrogen-bond acceptors (Lipinski definition) is 2. The van der Waals surface area contributed by atoms with Crippen molar-refractivity contribution in [2.75, 3.05) is 11.1 Å². The van der Waals surface area contributed by atoms with Gasteiger partial charge < -0.3 is 0 Å². The quantitative estimate of drug-likeness (QED) is 0.723. The first-order chi connectivity index (χ1) is 4.52. The van der Waals surface area contributed by atoms with Crippen LogP contribution in [0, 0.1) is 0 Å². The minimum absolute atomic E-state index is 0.0232. The van der Waals surface area contributed by atoms with Crippen molar-refractivity contribution < 1.29 is 8.42 Å². The molecule has 0 amide bonds. The molecule has 1 N–H and O–H groups in total. The summed E-state index contributed by atoms with van der Waals surface area (Å²) in [5, 5.41) is 0.645. The van der Waals surface area contributed by atoms with Crippen LogP contribution >= 0.6 is 15.9 Å². The predicted molar refractivity (Wildman–Crippen MR) is 45.9 cm³/mol. The average Bonchev–Trinajstić information content (AvgIpc) is 1.87. The van der Waals surface area contributed by atoms with Gasteiger partial charge in [-0.1, -0.05) is 15.9 Å². The summed E-state index contributed by atoms with van der Waals surface area (Å²) in [6.07, 6.45) is 0. The van der Waals surface area contributed by atoms with Gasteiger partial charge in [-0.15, -0.1) is 0 Å². The highest BCUT2D eigenvalue weighted by atomic mass is 79.9. The van der Waals surface area contributed by atoms with Crippen molar-refractivity contribution in [2.45, 2.75) is 19.9 Å². The molecular weight excluding hydrogens is 218 g/mol. The molecule has 0 aromatic rings. The van der Waals surface area contributed by atoms with E-state index in [2.05, 4.69) is 20.7 Å². The van der Waals surface area contributed by atoms with E-state index in [1.165, 1.54) is 0 Å². The third-order valence-corrected chi connectivity index (χ3v) is 3.49. The van der Waals surface area contributed by atoms with Gasteiger partial charge in [0.2, 0.25) is 10.0 Å². The Labute approximate surface area is 70.4 Å². The van der Waals surface area contributed by atoms with Crippen molar-refractivity contribution in [3.63, 3.8) is 0 Å². The Morgan fingerprint density at radius 2 is 2.10 bits per heavy atom. The first-order valence-electron chi connectivity index (χ1n) is 3.07. The highest BCUT2D eigenvalue weighted by molar-refractivity contribution is 9.09. The minimum atomic E-state index is -3.01. The molecule has 5 heteroatoms. The van der Waals surface area contributed by atoms with E-state index in [1.54, 1.807) is 6.92 Å². The Kier molecular flexibility index (Phi) is 4.47. The minimum Gasteiger partial charge on any atom is -0.212 e. The molecule has 0 rings (SSSR count). The summed E-state index contributed by atoms with van der Waals surface area (Å²) in [4.78, 5) is 0. The lowest BCUT2D eigenvalue weighted by Gasteiger charge is -2.08. The van der Waals surface area contributed by atoms with Gasteiger partial charge in [0.1, 0.15) is 0 Å². The van der Waals surface area contributed by atoms with Crippen LogP contribution in [0.15, 0.2) is 0 Å². The molecule has 0 heterocycles. The fourth-order valence-corrected chi connectivity index (χ4v) is 1.66. The maximum atomic E-state index is 10.8. The Balaban J connectivity index is 3.90. The molecule has 0 bridgehead atoms. The Hall–Kier alpha value is 0.390. The zero-order valence-electron chi connectivity index (χ0n) is 6.09. The molecule has 0 spiro atoms. The van der Waals surface area contributed by atoms with Crippen LogP contribution in [0.2, 0.25) is 0 Å². The van der Waals surface area contributed by atoms with Crippen molar-refractivity contribution in [3.05, 3.63) is 0 Å². The van der Waals surface area contributed by atoms with Crippen LogP contribution in [0.1, 0.15) is 13.8 Å². The van der Waals surface area contributed by atoms with E-state index in [-0.39, 0.29) is 11.8 Å². The Morgan fingerprint density at radius 1 is 1.60 bits per heavy atom. The van der Waals surface area contributed by atoms with Gasteiger partial charge in [-0.3, -0.25) is 0 Å². The maximum Gasteiger partial charge on any atom is 0.211 e. The summed E-state index contributed by atoms with van der Waals surface area (Å²) in [5.41, 5.74) is 0. The fraction of sp³-hybridized carbons (Fsp3) is 1.00. The van der Waals surface area contributed by atoms with Crippen LogP contribution < -0.4 is 4.72 Å².